The van der Waals surface area contributed by atoms with Crippen LogP contribution in [0.1, 0.15) is 17.5 Å². The second kappa shape index (κ2) is 8.91. The van der Waals surface area contributed by atoms with Gasteiger partial charge in [0.05, 0.1) is 11.3 Å². The fraction of sp³-hybridized carbons (Fsp3) is 0.250. The van der Waals surface area contributed by atoms with Crippen LogP contribution in [0.4, 0.5) is 0 Å². The van der Waals surface area contributed by atoms with E-state index in [1.165, 1.54) is 17.7 Å². The maximum absolute atomic E-state index is 11.8. The minimum atomic E-state index is -3.68. The molecule has 6 nitrogen and oxygen atoms in total. The third-order valence-electron chi connectivity index (χ3n) is 3.40. The van der Waals surface area contributed by atoms with E-state index in [0.717, 1.165) is 5.56 Å². The zero-order chi connectivity index (χ0) is 16.9. The third kappa shape index (κ3) is 6.38. The number of sulfonamides is 1. The lowest BCUT2D eigenvalue weighted by molar-refractivity contribution is -0.695. The first-order chi connectivity index (χ1) is 10.8. The molecule has 2 aromatic rings. The van der Waals surface area contributed by atoms with Gasteiger partial charge in [0.15, 0.2) is 18.9 Å². The summed E-state index contributed by atoms with van der Waals surface area (Å²) in [5, 5.41) is 7.84. The summed E-state index contributed by atoms with van der Waals surface area (Å²) in [6.45, 7) is 2.97. The largest absolute Gasteiger partial charge is 1.00 e. The van der Waals surface area contributed by atoms with Gasteiger partial charge in [-0.15, -0.1) is 0 Å². The summed E-state index contributed by atoms with van der Waals surface area (Å²) in [5.74, 6) is -0.0615. The number of aromatic nitrogens is 1. The lowest BCUT2D eigenvalue weighted by atomic mass is 10.2. The molecule has 0 aliphatic rings. The number of amides is 1. The number of halogens is 1. The van der Waals surface area contributed by atoms with E-state index in [-0.39, 0.29) is 27.8 Å². The molecule has 0 fully saturated rings. The number of hydrogen-bond acceptors (Lipinski definition) is 3. The molecule has 1 aromatic heterocycles. The van der Waals surface area contributed by atoms with E-state index in [1.54, 1.807) is 12.1 Å². The Balaban J connectivity index is 0.00000288. The first kappa shape index (κ1) is 20.3. The average Bonchev–Trinajstić information content (AvgIpc) is 2.52. The predicted octanol–water partition coefficient (Wildman–Crippen LogP) is -2.36. The van der Waals surface area contributed by atoms with Crippen molar-refractivity contribution in [3.63, 3.8) is 0 Å². The van der Waals surface area contributed by atoms with Crippen LogP contribution in [0.25, 0.3) is 0 Å². The van der Waals surface area contributed by atoms with Crippen LogP contribution in [0.2, 0.25) is 0 Å². The Kier molecular flexibility index (Phi) is 7.53. The van der Waals surface area contributed by atoms with Gasteiger partial charge < -0.3 is 22.3 Å². The Bertz CT molecular complexity index is 775. The molecule has 0 aliphatic heterocycles. The molecule has 8 heteroatoms. The molecule has 0 aliphatic carbocycles. The fourth-order valence-electron chi connectivity index (χ4n) is 2.00. The molecule has 24 heavy (non-hydrogen) atoms. The van der Waals surface area contributed by atoms with Crippen molar-refractivity contribution in [3.8, 4) is 0 Å². The highest BCUT2D eigenvalue weighted by molar-refractivity contribution is 7.89. The van der Waals surface area contributed by atoms with Gasteiger partial charge in [-0.25, -0.2) is 18.1 Å². The molecule has 0 spiro atoms. The SMILES string of the molecule is Cc1cc[n+](CCC(=O)NCc2ccc(S(N)(=O)=O)cc2)cc1.[Br-]. The van der Waals surface area contributed by atoms with Crippen molar-refractivity contribution in [1.82, 2.24) is 5.32 Å². The molecule has 0 unspecified atom stereocenters. The van der Waals surface area contributed by atoms with E-state index in [9.17, 15) is 13.2 Å². The number of aryl methyl sites for hydroxylation is 2. The lowest BCUT2D eigenvalue weighted by Crippen LogP contribution is -3.00. The highest BCUT2D eigenvalue weighted by atomic mass is 79.9. The van der Waals surface area contributed by atoms with E-state index in [1.807, 2.05) is 36.0 Å². The monoisotopic (exact) mass is 413 g/mol. The molecule has 0 saturated carbocycles. The number of pyridine rings is 1. The van der Waals surface area contributed by atoms with Crippen LogP contribution < -0.4 is 32.0 Å². The first-order valence-electron chi connectivity index (χ1n) is 7.19. The van der Waals surface area contributed by atoms with Gasteiger partial charge >= 0.3 is 0 Å². The second-order valence-corrected chi connectivity index (χ2v) is 6.89. The standard InChI is InChI=1S/C16H19N3O3S.BrH/c1-13-6-9-19(10-7-13)11-8-16(20)18-12-14-2-4-15(5-3-14)23(17,21)22;/h2-7,9-10H,8,11-12H2,1H3,(H2-,17,18,20,21,22);1H. The number of rotatable bonds is 6. The van der Waals surface area contributed by atoms with Crippen LogP contribution in [-0.4, -0.2) is 14.3 Å². The van der Waals surface area contributed by atoms with Gasteiger partial charge in [0.1, 0.15) is 0 Å². The van der Waals surface area contributed by atoms with Crippen LogP contribution in [0.15, 0.2) is 53.7 Å². The zero-order valence-electron chi connectivity index (χ0n) is 13.3. The van der Waals surface area contributed by atoms with Crippen molar-refractivity contribution in [2.45, 2.75) is 31.3 Å². The second-order valence-electron chi connectivity index (χ2n) is 5.33. The van der Waals surface area contributed by atoms with Crippen molar-refractivity contribution in [2.24, 2.45) is 5.14 Å². The normalized spacial score (nSPS) is 10.8. The van der Waals surface area contributed by atoms with Crippen molar-refractivity contribution in [1.29, 1.82) is 0 Å². The van der Waals surface area contributed by atoms with Crippen molar-refractivity contribution in [3.05, 3.63) is 59.9 Å². The topological polar surface area (TPSA) is 93.1 Å². The van der Waals surface area contributed by atoms with E-state index < -0.39 is 10.0 Å². The quantitative estimate of drug-likeness (QED) is 0.518. The molecule has 0 saturated heterocycles. The van der Waals surface area contributed by atoms with Gasteiger partial charge in [0, 0.05) is 18.7 Å². The maximum atomic E-state index is 11.8. The molecule has 0 radical (unpaired) electrons. The van der Waals surface area contributed by atoms with Gasteiger partial charge in [0.2, 0.25) is 15.9 Å². The molecule has 130 valence electrons. The van der Waals surface area contributed by atoms with Crippen molar-refractivity contribution in [2.75, 3.05) is 0 Å². The number of benzene rings is 1. The van der Waals surface area contributed by atoms with Crippen LogP contribution in [0.5, 0.6) is 0 Å². The van der Waals surface area contributed by atoms with Gasteiger partial charge in [-0.1, -0.05) is 12.1 Å². The predicted molar refractivity (Wildman–Crippen MR) is 85.7 cm³/mol. The molecule has 1 heterocycles. The molecule has 0 bridgehead atoms. The van der Waals surface area contributed by atoms with Crippen LogP contribution in [0.3, 0.4) is 0 Å². The minimum Gasteiger partial charge on any atom is -1.00 e. The summed E-state index contributed by atoms with van der Waals surface area (Å²) >= 11 is 0. The molecule has 0 atom stereocenters. The summed E-state index contributed by atoms with van der Waals surface area (Å²) in [6.07, 6.45) is 4.26. The highest BCUT2D eigenvalue weighted by Gasteiger charge is 2.08. The number of nitrogens with one attached hydrogen (secondary N) is 1. The molecule has 1 amide bonds. The van der Waals surface area contributed by atoms with E-state index >= 15 is 0 Å². The Morgan fingerprint density at radius 2 is 1.71 bits per heavy atom. The average molecular weight is 414 g/mol. The van der Waals surface area contributed by atoms with Crippen LogP contribution >= 0.6 is 0 Å². The third-order valence-corrected chi connectivity index (χ3v) is 4.33. The summed E-state index contributed by atoms with van der Waals surface area (Å²) in [5.41, 5.74) is 1.99. The Labute approximate surface area is 152 Å². The Hall–Kier alpha value is -1.77. The van der Waals surface area contributed by atoms with Gasteiger partial charge in [0.25, 0.3) is 0 Å². The summed E-state index contributed by atoms with van der Waals surface area (Å²) in [4.78, 5) is 11.9. The minimum absolute atomic E-state index is 0. The van der Waals surface area contributed by atoms with Gasteiger partial charge in [-0.3, -0.25) is 4.79 Å². The molecular weight excluding hydrogens is 394 g/mol. The summed E-state index contributed by atoms with van der Waals surface area (Å²) in [7, 11) is -3.68. The molecule has 1 aromatic carbocycles. The summed E-state index contributed by atoms with van der Waals surface area (Å²) in [6, 6.07) is 10.1. The van der Waals surface area contributed by atoms with Crippen molar-refractivity contribution >= 4 is 15.9 Å². The van der Waals surface area contributed by atoms with E-state index in [4.69, 9.17) is 5.14 Å². The Morgan fingerprint density at radius 1 is 1.12 bits per heavy atom. The van der Waals surface area contributed by atoms with Crippen molar-refractivity contribution < 1.29 is 34.8 Å². The Morgan fingerprint density at radius 3 is 2.25 bits per heavy atom. The number of carbonyl (C=O) groups is 1. The number of carbonyl (C=O) groups excluding carboxylic acids is 1. The van der Waals surface area contributed by atoms with Gasteiger partial charge in [-0.2, -0.15) is 0 Å². The van der Waals surface area contributed by atoms with Crippen LogP contribution in [0, 0.1) is 6.92 Å². The number of hydrogen-bond donors (Lipinski definition) is 2. The number of nitrogens with zero attached hydrogens (tertiary/aromatic N) is 1. The molecular formula is C16H20BrN3O3S. The fourth-order valence-corrected chi connectivity index (χ4v) is 2.51. The van der Waals surface area contributed by atoms with E-state index in [0.29, 0.717) is 19.5 Å². The highest BCUT2D eigenvalue weighted by Crippen LogP contribution is 2.08. The van der Waals surface area contributed by atoms with E-state index in [2.05, 4.69) is 5.32 Å². The smallest absolute Gasteiger partial charge is 0.238 e. The molecule has 2 rings (SSSR count). The summed E-state index contributed by atoms with van der Waals surface area (Å²) < 4.78 is 24.3. The lowest BCUT2D eigenvalue weighted by Gasteiger charge is -2.05. The van der Waals surface area contributed by atoms with Crippen LogP contribution in [-0.2, 0) is 27.9 Å². The number of primary sulfonamides is 1. The molecule has 3 N–H and O–H groups in total. The number of nitrogens with two attached hydrogens (primary N) is 1. The zero-order valence-corrected chi connectivity index (χ0v) is 15.7. The van der Waals surface area contributed by atoms with Gasteiger partial charge in [-0.05, 0) is 30.2 Å². The maximum Gasteiger partial charge on any atom is 0.238 e. The first-order valence-corrected chi connectivity index (χ1v) is 8.73.